The van der Waals surface area contributed by atoms with Crippen molar-refractivity contribution in [3.05, 3.63) is 30.2 Å². The van der Waals surface area contributed by atoms with Gasteiger partial charge in [-0.15, -0.1) is 0 Å². The quantitative estimate of drug-likeness (QED) is 0.625. The lowest BCUT2D eigenvalue weighted by atomic mass is 9.99. The van der Waals surface area contributed by atoms with Crippen molar-refractivity contribution < 1.29 is 14.3 Å². The molecule has 26 heavy (non-hydrogen) atoms. The van der Waals surface area contributed by atoms with Crippen molar-refractivity contribution in [1.29, 1.82) is 0 Å². The number of nitrogens with one attached hydrogen (secondary N) is 3. The average molecular weight is 357 g/mol. The second kappa shape index (κ2) is 7.57. The van der Waals surface area contributed by atoms with Crippen molar-refractivity contribution in [2.24, 2.45) is 11.7 Å². The van der Waals surface area contributed by atoms with Crippen LogP contribution in [0.4, 0.5) is 16.2 Å². The number of anilines is 2. The molecule has 2 amide bonds. The number of hydrogen-bond acceptors (Lipinski definition) is 5. The lowest BCUT2D eigenvalue weighted by Crippen LogP contribution is -2.22. The minimum Gasteiger partial charge on any atom is -0.453 e. The van der Waals surface area contributed by atoms with E-state index in [1.165, 1.54) is 7.11 Å². The molecule has 0 spiro atoms. The highest BCUT2D eigenvalue weighted by molar-refractivity contribution is 5.98. The molecule has 0 radical (unpaired) electrons. The van der Waals surface area contributed by atoms with Crippen LogP contribution in [0.15, 0.2) is 24.4 Å². The first-order valence-electron chi connectivity index (χ1n) is 8.58. The van der Waals surface area contributed by atoms with Gasteiger partial charge in [0.1, 0.15) is 5.82 Å². The Kier molecular flexibility index (Phi) is 5.22. The number of carbonyl (C=O) groups excluding carboxylic acids is 2. The van der Waals surface area contributed by atoms with E-state index >= 15 is 0 Å². The summed E-state index contributed by atoms with van der Waals surface area (Å²) in [6.07, 6.45) is 3.46. The summed E-state index contributed by atoms with van der Waals surface area (Å²) < 4.78 is 4.62. The minimum atomic E-state index is -0.576. The van der Waals surface area contributed by atoms with Crippen molar-refractivity contribution in [2.75, 3.05) is 17.7 Å². The molecule has 2 bridgehead atoms. The van der Waals surface area contributed by atoms with Gasteiger partial charge in [0.05, 0.1) is 30.7 Å². The van der Waals surface area contributed by atoms with E-state index in [-0.39, 0.29) is 17.9 Å². The van der Waals surface area contributed by atoms with Gasteiger partial charge < -0.3 is 20.8 Å². The van der Waals surface area contributed by atoms with E-state index in [9.17, 15) is 9.59 Å². The number of amides is 2. The number of nitrogens with zero attached hydrogens (tertiary/aromatic N) is 1. The number of nitrogens with two attached hydrogens (primary N) is 1. The van der Waals surface area contributed by atoms with Crippen LogP contribution in [0.25, 0.3) is 11.3 Å². The summed E-state index contributed by atoms with van der Waals surface area (Å²) in [4.78, 5) is 31.6. The maximum Gasteiger partial charge on any atom is 0.411 e. The largest absolute Gasteiger partial charge is 0.453 e. The van der Waals surface area contributed by atoms with Crippen LogP contribution in [0.1, 0.15) is 38.1 Å². The zero-order valence-corrected chi connectivity index (χ0v) is 14.8. The molecule has 3 rings (SSSR count). The van der Waals surface area contributed by atoms with E-state index in [4.69, 9.17) is 5.73 Å². The number of fused-ring (bicyclic) bond motifs is 4. The van der Waals surface area contributed by atoms with E-state index in [0.717, 1.165) is 36.3 Å². The Morgan fingerprint density at radius 2 is 2.19 bits per heavy atom. The van der Waals surface area contributed by atoms with E-state index < -0.39 is 6.09 Å². The molecule has 2 atom stereocenters. The number of carbonyl (C=O) groups is 2. The van der Waals surface area contributed by atoms with Crippen LogP contribution >= 0.6 is 0 Å². The Morgan fingerprint density at radius 1 is 1.38 bits per heavy atom. The molecule has 0 saturated carbocycles. The Morgan fingerprint density at radius 3 is 2.96 bits per heavy atom. The molecule has 0 fully saturated rings. The lowest BCUT2D eigenvalue weighted by molar-refractivity contribution is -0.119. The summed E-state index contributed by atoms with van der Waals surface area (Å²) in [6, 6.07) is 5.04. The molecule has 8 heteroatoms. The van der Waals surface area contributed by atoms with Crippen LogP contribution in [-0.4, -0.2) is 29.1 Å². The van der Waals surface area contributed by atoms with E-state index in [1.807, 2.05) is 6.92 Å². The predicted octanol–water partition coefficient (Wildman–Crippen LogP) is 3.01. The summed E-state index contributed by atoms with van der Waals surface area (Å²) in [5.41, 5.74) is 8.83. The van der Waals surface area contributed by atoms with Crippen LogP contribution in [0, 0.1) is 5.92 Å². The van der Waals surface area contributed by atoms with Crippen molar-refractivity contribution in [3.8, 4) is 11.3 Å². The van der Waals surface area contributed by atoms with E-state index in [1.54, 1.807) is 24.4 Å². The molecule has 5 N–H and O–H groups in total. The van der Waals surface area contributed by atoms with Gasteiger partial charge in [-0.25, -0.2) is 9.78 Å². The number of aromatic nitrogens is 2. The lowest BCUT2D eigenvalue weighted by Gasteiger charge is -2.17. The number of imidazole rings is 1. The molecule has 0 unspecified atom stereocenters. The molecule has 0 saturated heterocycles. The molecule has 138 valence electrons. The third-order valence-corrected chi connectivity index (χ3v) is 4.55. The summed E-state index contributed by atoms with van der Waals surface area (Å²) in [5.74, 6) is 0.505. The van der Waals surface area contributed by atoms with Crippen LogP contribution in [-0.2, 0) is 9.53 Å². The third-order valence-electron chi connectivity index (χ3n) is 4.55. The molecular formula is C18H23N5O3. The first kappa shape index (κ1) is 17.9. The molecule has 1 aromatic heterocycles. The van der Waals surface area contributed by atoms with Gasteiger partial charge in [0.25, 0.3) is 0 Å². The van der Waals surface area contributed by atoms with Gasteiger partial charge in [0.15, 0.2) is 0 Å². The van der Waals surface area contributed by atoms with E-state index in [0.29, 0.717) is 11.4 Å². The van der Waals surface area contributed by atoms with Crippen LogP contribution in [0.2, 0.25) is 0 Å². The van der Waals surface area contributed by atoms with Crippen LogP contribution in [0.3, 0.4) is 0 Å². The Balaban J connectivity index is 2.03. The SMILES string of the molecule is COC(=O)Nc1ccc2c(c1)NC(=O)[C@@H](C)CCC[C@H](N)c1ncc-2[nH]1. The minimum absolute atomic E-state index is 0.0737. The number of methoxy groups -OCH3 is 1. The average Bonchev–Trinajstić information content (AvgIpc) is 3.10. The van der Waals surface area contributed by atoms with Crippen molar-refractivity contribution in [1.82, 2.24) is 9.97 Å². The molecule has 1 aliphatic rings. The molecule has 2 heterocycles. The second-order valence-electron chi connectivity index (χ2n) is 6.49. The first-order chi connectivity index (χ1) is 12.5. The number of benzene rings is 1. The zero-order chi connectivity index (χ0) is 18.7. The molecule has 8 nitrogen and oxygen atoms in total. The fourth-order valence-electron chi connectivity index (χ4n) is 2.96. The number of rotatable bonds is 1. The van der Waals surface area contributed by atoms with Gasteiger partial charge in [-0.2, -0.15) is 0 Å². The normalized spacial score (nSPS) is 20.2. The van der Waals surface area contributed by atoms with Crippen molar-refractivity contribution in [2.45, 2.75) is 32.2 Å². The highest BCUT2D eigenvalue weighted by Gasteiger charge is 2.20. The molecule has 0 aliphatic carbocycles. The van der Waals surface area contributed by atoms with E-state index in [2.05, 4.69) is 25.3 Å². The Labute approximate surface area is 151 Å². The highest BCUT2D eigenvalue weighted by Crippen LogP contribution is 2.32. The van der Waals surface area contributed by atoms with Gasteiger partial charge >= 0.3 is 6.09 Å². The van der Waals surface area contributed by atoms with Crippen LogP contribution in [0.5, 0.6) is 0 Å². The van der Waals surface area contributed by atoms with Gasteiger partial charge in [-0.1, -0.05) is 13.3 Å². The molecule has 1 aliphatic heterocycles. The highest BCUT2D eigenvalue weighted by atomic mass is 16.5. The standard InChI is InChI=1S/C18H23N5O3/c1-10-4-3-5-13(19)16-20-9-15(22-16)12-7-6-11(21-18(25)26-2)8-14(12)23-17(10)24/h6-10,13H,3-5,19H2,1-2H3,(H,20,22)(H,21,25)(H,23,24)/t10-,13-/m0/s1. The predicted molar refractivity (Wildman–Crippen MR) is 98.6 cm³/mol. The monoisotopic (exact) mass is 357 g/mol. The molecular weight excluding hydrogens is 334 g/mol. The Bertz CT molecular complexity index is 817. The summed E-state index contributed by atoms with van der Waals surface area (Å²) in [7, 11) is 1.29. The topological polar surface area (TPSA) is 122 Å². The molecule has 1 aromatic carbocycles. The third kappa shape index (κ3) is 3.85. The summed E-state index contributed by atoms with van der Waals surface area (Å²) in [5, 5.41) is 5.56. The summed E-state index contributed by atoms with van der Waals surface area (Å²) in [6.45, 7) is 1.90. The van der Waals surface area contributed by atoms with Gasteiger partial charge in [-0.05, 0) is 31.0 Å². The van der Waals surface area contributed by atoms with Gasteiger partial charge in [0, 0.05) is 17.2 Å². The smallest absolute Gasteiger partial charge is 0.411 e. The number of H-pyrrole nitrogens is 1. The Hall–Kier alpha value is -2.87. The van der Waals surface area contributed by atoms with Crippen molar-refractivity contribution in [3.63, 3.8) is 0 Å². The number of ether oxygens (including phenoxy) is 1. The maximum atomic E-state index is 12.5. The molecule has 2 aromatic rings. The van der Waals surface area contributed by atoms with Gasteiger partial charge in [0.2, 0.25) is 5.91 Å². The second-order valence-corrected chi connectivity index (χ2v) is 6.49. The number of aromatic amines is 1. The number of hydrogen-bond donors (Lipinski definition) is 4. The maximum absolute atomic E-state index is 12.5. The van der Waals surface area contributed by atoms with Gasteiger partial charge in [-0.3, -0.25) is 10.1 Å². The first-order valence-corrected chi connectivity index (χ1v) is 8.58. The fourth-order valence-corrected chi connectivity index (χ4v) is 2.96. The van der Waals surface area contributed by atoms with Crippen molar-refractivity contribution >= 4 is 23.4 Å². The van der Waals surface area contributed by atoms with Crippen LogP contribution < -0.4 is 16.4 Å². The summed E-state index contributed by atoms with van der Waals surface area (Å²) >= 11 is 0. The zero-order valence-electron chi connectivity index (χ0n) is 14.8. The fraction of sp³-hybridized carbons (Fsp3) is 0.389.